The predicted octanol–water partition coefficient (Wildman–Crippen LogP) is 5.15. The molecule has 2 aromatic rings. The van der Waals surface area contributed by atoms with Gasteiger partial charge in [0.05, 0.1) is 11.1 Å². The highest BCUT2D eigenvalue weighted by Crippen LogP contribution is 2.22. The molecule has 0 amide bonds. The molecule has 6 nitrogen and oxygen atoms in total. The second-order valence-electron chi connectivity index (χ2n) is 7.70. The van der Waals surface area contributed by atoms with Gasteiger partial charge in [0.15, 0.2) is 0 Å². The van der Waals surface area contributed by atoms with Crippen molar-refractivity contribution < 1.29 is 19.8 Å². The van der Waals surface area contributed by atoms with Crippen molar-refractivity contribution in [3.05, 3.63) is 58.7 Å². The molecule has 0 saturated heterocycles. The SMILES string of the molecule is Nc1c(CCCCCCCCCCc2cccc(C(=O)O)c2N)cccc1C(=O)O. The van der Waals surface area contributed by atoms with Gasteiger partial charge in [-0.15, -0.1) is 0 Å². The van der Waals surface area contributed by atoms with E-state index in [0.29, 0.717) is 11.4 Å². The van der Waals surface area contributed by atoms with Gasteiger partial charge in [-0.25, -0.2) is 9.59 Å². The molecule has 162 valence electrons. The first kappa shape index (κ1) is 23.3. The summed E-state index contributed by atoms with van der Waals surface area (Å²) in [4.78, 5) is 22.3. The minimum Gasteiger partial charge on any atom is -0.478 e. The molecule has 0 saturated carbocycles. The zero-order valence-electron chi connectivity index (χ0n) is 17.4. The lowest BCUT2D eigenvalue weighted by atomic mass is 9.99. The fourth-order valence-corrected chi connectivity index (χ4v) is 3.73. The van der Waals surface area contributed by atoms with Crippen LogP contribution in [-0.2, 0) is 12.8 Å². The normalized spacial score (nSPS) is 10.8. The Bertz CT molecular complexity index is 793. The summed E-state index contributed by atoms with van der Waals surface area (Å²) in [5.41, 5.74) is 14.9. The standard InChI is InChI=1S/C24H32N2O4/c25-21-17(13-9-15-19(21)23(27)28)11-7-5-3-1-2-4-6-8-12-18-14-10-16-20(22(18)26)24(29)30/h9-10,13-16H,1-8,11-12,25-26H2,(H,27,28)(H,29,30). The Labute approximate surface area is 177 Å². The van der Waals surface area contributed by atoms with Crippen LogP contribution in [0.5, 0.6) is 0 Å². The Morgan fingerprint density at radius 3 is 1.27 bits per heavy atom. The van der Waals surface area contributed by atoms with Crippen molar-refractivity contribution in [1.29, 1.82) is 0 Å². The number of benzene rings is 2. The van der Waals surface area contributed by atoms with Crippen molar-refractivity contribution in [2.24, 2.45) is 0 Å². The number of hydrogen-bond acceptors (Lipinski definition) is 4. The number of unbranched alkanes of at least 4 members (excludes halogenated alkanes) is 7. The van der Waals surface area contributed by atoms with E-state index in [9.17, 15) is 9.59 Å². The number of hydrogen-bond donors (Lipinski definition) is 4. The molecule has 0 aliphatic heterocycles. The second kappa shape index (κ2) is 11.9. The van der Waals surface area contributed by atoms with E-state index in [2.05, 4.69) is 0 Å². The quantitative estimate of drug-likeness (QED) is 0.266. The van der Waals surface area contributed by atoms with Crippen LogP contribution < -0.4 is 11.5 Å². The lowest BCUT2D eigenvalue weighted by Crippen LogP contribution is -2.05. The molecule has 0 aliphatic carbocycles. The highest BCUT2D eigenvalue weighted by Gasteiger charge is 2.11. The van der Waals surface area contributed by atoms with Gasteiger partial charge in [-0.1, -0.05) is 62.8 Å². The van der Waals surface area contributed by atoms with E-state index in [1.165, 1.54) is 12.8 Å². The Hall–Kier alpha value is -3.02. The van der Waals surface area contributed by atoms with E-state index in [-0.39, 0.29) is 11.1 Å². The van der Waals surface area contributed by atoms with Crippen molar-refractivity contribution in [3.63, 3.8) is 0 Å². The average Bonchev–Trinajstić information content (AvgIpc) is 2.71. The number of nitrogen functional groups attached to an aromatic ring is 2. The Morgan fingerprint density at radius 1 is 0.600 bits per heavy atom. The zero-order valence-corrected chi connectivity index (χ0v) is 17.4. The third-order valence-corrected chi connectivity index (χ3v) is 5.50. The number of para-hydroxylation sites is 2. The molecule has 2 aromatic carbocycles. The maximum absolute atomic E-state index is 11.1. The number of aryl methyl sites for hydroxylation is 2. The molecule has 6 heteroatoms. The summed E-state index contributed by atoms with van der Waals surface area (Å²) in [5.74, 6) is -1.96. The molecule has 6 N–H and O–H groups in total. The first-order valence-electron chi connectivity index (χ1n) is 10.6. The van der Waals surface area contributed by atoms with Gasteiger partial charge in [-0.05, 0) is 48.9 Å². The molecule has 0 aliphatic rings. The predicted molar refractivity (Wildman–Crippen MR) is 120 cm³/mol. The topological polar surface area (TPSA) is 127 Å². The molecule has 30 heavy (non-hydrogen) atoms. The number of anilines is 2. The summed E-state index contributed by atoms with van der Waals surface area (Å²) in [6, 6.07) is 10.4. The van der Waals surface area contributed by atoms with Gasteiger partial charge < -0.3 is 21.7 Å². The molecule has 0 fully saturated rings. The van der Waals surface area contributed by atoms with Crippen molar-refractivity contribution in [3.8, 4) is 0 Å². The molecule has 0 atom stereocenters. The van der Waals surface area contributed by atoms with Crippen LogP contribution in [0.25, 0.3) is 0 Å². The van der Waals surface area contributed by atoms with Gasteiger partial charge >= 0.3 is 11.9 Å². The first-order valence-corrected chi connectivity index (χ1v) is 10.6. The van der Waals surface area contributed by atoms with E-state index < -0.39 is 11.9 Å². The first-order chi connectivity index (χ1) is 14.4. The zero-order chi connectivity index (χ0) is 21.9. The van der Waals surface area contributed by atoms with Gasteiger partial charge in [0, 0.05) is 11.4 Å². The minimum absolute atomic E-state index is 0.184. The van der Waals surface area contributed by atoms with Crippen LogP contribution in [0.3, 0.4) is 0 Å². The number of carbonyl (C=O) groups is 2. The molecule has 0 aromatic heterocycles. The number of nitrogens with two attached hydrogens (primary N) is 2. The van der Waals surface area contributed by atoms with Gasteiger partial charge in [-0.3, -0.25) is 0 Å². The lowest BCUT2D eigenvalue weighted by molar-refractivity contribution is 0.0687. The molecule has 0 spiro atoms. The van der Waals surface area contributed by atoms with Crippen molar-refractivity contribution in [2.75, 3.05) is 11.5 Å². The maximum Gasteiger partial charge on any atom is 0.337 e. The summed E-state index contributed by atoms with van der Waals surface area (Å²) < 4.78 is 0. The smallest absolute Gasteiger partial charge is 0.337 e. The van der Waals surface area contributed by atoms with Crippen LogP contribution in [-0.4, -0.2) is 22.2 Å². The number of rotatable bonds is 13. The van der Waals surface area contributed by atoms with E-state index in [1.54, 1.807) is 24.3 Å². The fourth-order valence-electron chi connectivity index (χ4n) is 3.73. The molecule has 2 rings (SSSR count). The van der Waals surface area contributed by atoms with Gasteiger partial charge in [0.25, 0.3) is 0 Å². The molecular formula is C24H32N2O4. The van der Waals surface area contributed by atoms with Crippen LogP contribution >= 0.6 is 0 Å². The van der Waals surface area contributed by atoms with Crippen molar-refractivity contribution in [1.82, 2.24) is 0 Å². The maximum atomic E-state index is 11.1. The number of carboxylic acids is 2. The van der Waals surface area contributed by atoms with E-state index >= 15 is 0 Å². The third-order valence-electron chi connectivity index (χ3n) is 5.50. The minimum atomic E-state index is -0.980. The fraction of sp³-hybridized carbons (Fsp3) is 0.417. The summed E-state index contributed by atoms with van der Waals surface area (Å²) in [7, 11) is 0. The summed E-state index contributed by atoms with van der Waals surface area (Å²) in [5, 5.41) is 18.2. The highest BCUT2D eigenvalue weighted by molar-refractivity contribution is 5.94. The monoisotopic (exact) mass is 412 g/mol. The highest BCUT2D eigenvalue weighted by atomic mass is 16.4. The number of carboxylic acid groups (broad SMARTS) is 2. The summed E-state index contributed by atoms with van der Waals surface area (Å²) in [6.07, 6.45) is 10.5. The summed E-state index contributed by atoms with van der Waals surface area (Å²) in [6.45, 7) is 0. The van der Waals surface area contributed by atoms with Crippen LogP contribution in [0, 0.1) is 0 Å². The molecule has 0 heterocycles. The largest absolute Gasteiger partial charge is 0.478 e. The third kappa shape index (κ3) is 6.79. The van der Waals surface area contributed by atoms with Crippen LogP contribution in [0.1, 0.15) is 83.2 Å². The van der Waals surface area contributed by atoms with Gasteiger partial charge in [0.2, 0.25) is 0 Å². The number of aromatic carboxylic acids is 2. The van der Waals surface area contributed by atoms with Gasteiger partial charge in [-0.2, -0.15) is 0 Å². The van der Waals surface area contributed by atoms with E-state index in [0.717, 1.165) is 62.5 Å². The van der Waals surface area contributed by atoms with Crippen LogP contribution in [0.4, 0.5) is 11.4 Å². The molecule has 0 radical (unpaired) electrons. The Morgan fingerprint density at radius 2 is 0.933 bits per heavy atom. The van der Waals surface area contributed by atoms with Crippen molar-refractivity contribution >= 4 is 23.3 Å². The summed E-state index contributed by atoms with van der Waals surface area (Å²) >= 11 is 0. The van der Waals surface area contributed by atoms with Crippen LogP contribution in [0.2, 0.25) is 0 Å². The second-order valence-corrected chi connectivity index (χ2v) is 7.70. The van der Waals surface area contributed by atoms with E-state index in [4.69, 9.17) is 21.7 Å². The van der Waals surface area contributed by atoms with E-state index in [1.807, 2.05) is 12.1 Å². The molecular weight excluding hydrogens is 380 g/mol. The van der Waals surface area contributed by atoms with Gasteiger partial charge in [0.1, 0.15) is 0 Å². The lowest BCUT2D eigenvalue weighted by Gasteiger charge is -2.09. The molecule has 0 bridgehead atoms. The average molecular weight is 413 g/mol. The Kier molecular flexibility index (Phi) is 9.19. The van der Waals surface area contributed by atoms with Crippen molar-refractivity contribution in [2.45, 2.75) is 64.2 Å². The van der Waals surface area contributed by atoms with Crippen LogP contribution in [0.15, 0.2) is 36.4 Å². The molecule has 0 unspecified atom stereocenters. The Balaban J connectivity index is 1.56.